The van der Waals surface area contributed by atoms with Crippen LogP contribution in [0, 0.1) is 5.92 Å². The molecule has 13 heavy (non-hydrogen) atoms. The second-order valence-electron chi connectivity index (χ2n) is 3.51. The summed E-state index contributed by atoms with van der Waals surface area (Å²) in [5.74, 6) is 1.36. The molecule has 1 aromatic rings. The van der Waals surface area contributed by atoms with Crippen LogP contribution in [0.5, 0.6) is 5.75 Å². The van der Waals surface area contributed by atoms with Crippen LogP contribution in [0.25, 0.3) is 0 Å². The van der Waals surface area contributed by atoms with Crippen LogP contribution in [0.3, 0.4) is 0 Å². The van der Waals surface area contributed by atoms with E-state index < -0.39 is 0 Å². The maximum atomic E-state index is 8.88. The van der Waals surface area contributed by atoms with Gasteiger partial charge in [0.15, 0.2) is 0 Å². The Hall–Kier alpha value is -1.02. The topological polar surface area (TPSA) is 29.5 Å². The van der Waals surface area contributed by atoms with Crippen molar-refractivity contribution in [1.82, 2.24) is 0 Å². The van der Waals surface area contributed by atoms with Crippen LogP contribution in [0.1, 0.15) is 19.4 Å². The van der Waals surface area contributed by atoms with E-state index in [1.807, 2.05) is 24.3 Å². The molecule has 0 radical (unpaired) electrons. The van der Waals surface area contributed by atoms with Gasteiger partial charge < -0.3 is 9.84 Å². The van der Waals surface area contributed by atoms with E-state index in [-0.39, 0.29) is 6.61 Å². The lowest BCUT2D eigenvalue weighted by Gasteiger charge is -2.08. The number of rotatable bonds is 4. The Labute approximate surface area is 79.2 Å². The molecular weight excluding hydrogens is 164 g/mol. The summed E-state index contributed by atoms with van der Waals surface area (Å²) in [5.41, 5.74) is 0.890. The Balaban J connectivity index is 2.56. The van der Waals surface area contributed by atoms with Crippen molar-refractivity contribution in [2.75, 3.05) is 6.61 Å². The highest BCUT2D eigenvalue weighted by Crippen LogP contribution is 2.13. The van der Waals surface area contributed by atoms with E-state index in [0.717, 1.165) is 17.9 Å². The Morgan fingerprint density at radius 1 is 1.38 bits per heavy atom. The number of aliphatic hydroxyl groups excluding tert-OH is 1. The molecule has 0 heterocycles. The maximum Gasteiger partial charge on any atom is 0.119 e. The van der Waals surface area contributed by atoms with Gasteiger partial charge in [-0.3, -0.25) is 0 Å². The molecule has 0 spiro atoms. The third-order valence-corrected chi connectivity index (χ3v) is 1.66. The fraction of sp³-hybridized carbons (Fsp3) is 0.455. The molecule has 0 bridgehead atoms. The number of hydrogen-bond donors (Lipinski definition) is 1. The number of ether oxygens (including phenoxy) is 1. The second kappa shape index (κ2) is 4.87. The Morgan fingerprint density at radius 2 is 2.15 bits per heavy atom. The van der Waals surface area contributed by atoms with Gasteiger partial charge in [0.05, 0.1) is 13.2 Å². The van der Waals surface area contributed by atoms with E-state index in [9.17, 15) is 0 Å². The molecule has 0 fully saturated rings. The predicted molar refractivity (Wildman–Crippen MR) is 52.7 cm³/mol. The zero-order chi connectivity index (χ0) is 9.68. The molecule has 0 atom stereocenters. The molecule has 0 unspecified atom stereocenters. The standard InChI is InChI=1S/C11H16O2/c1-9(2)8-13-11-5-3-4-10(6-11)7-12/h3-6,9,12H,7-8H2,1-2H3. The van der Waals surface area contributed by atoms with Crippen molar-refractivity contribution in [3.05, 3.63) is 29.8 Å². The molecule has 1 rings (SSSR count). The van der Waals surface area contributed by atoms with Crippen LogP contribution in [-0.2, 0) is 6.61 Å². The van der Waals surface area contributed by atoms with E-state index in [2.05, 4.69) is 13.8 Å². The molecule has 2 nitrogen and oxygen atoms in total. The van der Waals surface area contributed by atoms with Gasteiger partial charge in [0, 0.05) is 0 Å². The monoisotopic (exact) mass is 180 g/mol. The van der Waals surface area contributed by atoms with Gasteiger partial charge in [-0.1, -0.05) is 26.0 Å². The van der Waals surface area contributed by atoms with Crippen LogP contribution >= 0.6 is 0 Å². The summed E-state index contributed by atoms with van der Waals surface area (Å²) in [4.78, 5) is 0. The van der Waals surface area contributed by atoms with Gasteiger partial charge in [0.25, 0.3) is 0 Å². The quantitative estimate of drug-likeness (QED) is 0.769. The zero-order valence-corrected chi connectivity index (χ0v) is 8.16. The third kappa shape index (κ3) is 3.47. The van der Waals surface area contributed by atoms with Crippen molar-refractivity contribution in [3.8, 4) is 5.75 Å². The highest BCUT2D eigenvalue weighted by molar-refractivity contribution is 5.27. The largest absolute Gasteiger partial charge is 0.493 e. The van der Waals surface area contributed by atoms with Gasteiger partial charge in [0.1, 0.15) is 5.75 Å². The smallest absolute Gasteiger partial charge is 0.119 e. The first kappa shape index (κ1) is 10.1. The van der Waals surface area contributed by atoms with Crippen molar-refractivity contribution in [3.63, 3.8) is 0 Å². The minimum atomic E-state index is 0.0683. The van der Waals surface area contributed by atoms with Gasteiger partial charge in [-0.25, -0.2) is 0 Å². The average Bonchev–Trinajstić information content (AvgIpc) is 2.15. The van der Waals surface area contributed by atoms with Crippen molar-refractivity contribution in [1.29, 1.82) is 0 Å². The number of benzene rings is 1. The Morgan fingerprint density at radius 3 is 2.77 bits per heavy atom. The van der Waals surface area contributed by atoms with Crippen LogP contribution in [0.15, 0.2) is 24.3 Å². The summed E-state index contributed by atoms with van der Waals surface area (Å²) < 4.78 is 5.50. The third-order valence-electron chi connectivity index (χ3n) is 1.66. The first-order valence-corrected chi connectivity index (χ1v) is 4.55. The molecule has 0 aliphatic carbocycles. The molecule has 2 heteroatoms. The molecular formula is C11H16O2. The lowest BCUT2D eigenvalue weighted by atomic mass is 10.2. The summed E-state index contributed by atoms with van der Waals surface area (Å²) in [6, 6.07) is 7.54. The van der Waals surface area contributed by atoms with Crippen LogP contribution in [0.2, 0.25) is 0 Å². The molecule has 0 saturated carbocycles. The summed E-state index contributed by atoms with van der Waals surface area (Å²) in [6.07, 6.45) is 0. The number of hydrogen-bond acceptors (Lipinski definition) is 2. The summed E-state index contributed by atoms with van der Waals surface area (Å²) in [6.45, 7) is 5.00. The minimum absolute atomic E-state index is 0.0683. The lowest BCUT2D eigenvalue weighted by Crippen LogP contribution is -2.04. The second-order valence-corrected chi connectivity index (χ2v) is 3.51. The van der Waals surface area contributed by atoms with Crippen molar-refractivity contribution < 1.29 is 9.84 Å². The van der Waals surface area contributed by atoms with Gasteiger partial charge in [-0.05, 0) is 23.6 Å². The molecule has 1 aromatic carbocycles. The Kier molecular flexibility index (Phi) is 3.77. The van der Waals surface area contributed by atoms with Crippen LogP contribution in [0.4, 0.5) is 0 Å². The van der Waals surface area contributed by atoms with Gasteiger partial charge >= 0.3 is 0 Å². The van der Waals surface area contributed by atoms with Gasteiger partial charge in [0.2, 0.25) is 0 Å². The van der Waals surface area contributed by atoms with Crippen LogP contribution in [-0.4, -0.2) is 11.7 Å². The molecule has 0 aliphatic rings. The van der Waals surface area contributed by atoms with Crippen molar-refractivity contribution >= 4 is 0 Å². The molecule has 72 valence electrons. The first-order valence-electron chi connectivity index (χ1n) is 4.55. The SMILES string of the molecule is CC(C)COc1cccc(CO)c1. The summed E-state index contributed by atoms with van der Waals surface area (Å²) >= 11 is 0. The van der Waals surface area contributed by atoms with E-state index in [1.54, 1.807) is 0 Å². The van der Waals surface area contributed by atoms with E-state index >= 15 is 0 Å². The first-order chi connectivity index (χ1) is 6.22. The van der Waals surface area contributed by atoms with Crippen molar-refractivity contribution in [2.24, 2.45) is 5.92 Å². The maximum absolute atomic E-state index is 8.88. The highest BCUT2D eigenvalue weighted by atomic mass is 16.5. The molecule has 0 aliphatic heterocycles. The molecule has 1 N–H and O–H groups in total. The van der Waals surface area contributed by atoms with E-state index in [1.165, 1.54) is 0 Å². The normalized spacial score (nSPS) is 10.5. The average molecular weight is 180 g/mol. The predicted octanol–water partition coefficient (Wildman–Crippen LogP) is 2.21. The lowest BCUT2D eigenvalue weighted by molar-refractivity contribution is 0.265. The molecule has 0 aromatic heterocycles. The minimum Gasteiger partial charge on any atom is -0.493 e. The van der Waals surface area contributed by atoms with Gasteiger partial charge in [-0.2, -0.15) is 0 Å². The van der Waals surface area contributed by atoms with E-state index in [4.69, 9.17) is 9.84 Å². The van der Waals surface area contributed by atoms with Gasteiger partial charge in [-0.15, -0.1) is 0 Å². The highest BCUT2D eigenvalue weighted by Gasteiger charge is 1.97. The van der Waals surface area contributed by atoms with E-state index in [0.29, 0.717) is 5.92 Å². The molecule has 0 amide bonds. The van der Waals surface area contributed by atoms with Crippen LogP contribution < -0.4 is 4.74 Å². The Bertz CT molecular complexity index is 256. The van der Waals surface area contributed by atoms with Crippen molar-refractivity contribution in [2.45, 2.75) is 20.5 Å². The molecule has 0 saturated heterocycles. The number of aliphatic hydroxyl groups is 1. The summed E-state index contributed by atoms with van der Waals surface area (Å²) in [7, 11) is 0. The fourth-order valence-electron chi connectivity index (χ4n) is 0.997. The zero-order valence-electron chi connectivity index (χ0n) is 8.16. The fourth-order valence-corrected chi connectivity index (χ4v) is 0.997. The summed E-state index contributed by atoms with van der Waals surface area (Å²) in [5, 5.41) is 8.88.